The predicted molar refractivity (Wildman–Crippen MR) is 78.5 cm³/mol. The molecule has 0 fully saturated rings. The topological polar surface area (TPSA) is 66.3 Å². The summed E-state index contributed by atoms with van der Waals surface area (Å²) < 4.78 is 0. The summed E-state index contributed by atoms with van der Waals surface area (Å²) in [6.45, 7) is 4.05. The molecule has 0 amide bonds. The van der Waals surface area contributed by atoms with Crippen LogP contribution < -0.4 is 0 Å². The number of hydrogen-bond acceptors (Lipinski definition) is 5. The highest BCUT2D eigenvalue weighted by molar-refractivity contribution is 7.13. The number of rotatable bonds is 7. The van der Waals surface area contributed by atoms with Crippen molar-refractivity contribution >= 4 is 17.3 Å². The quantitative estimate of drug-likeness (QED) is 0.849. The van der Waals surface area contributed by atoms with Crippen molar-refractivity contribution in [3.8, 4) is 10.7 Å². The molecule has 20 heavy (non-hydrogen) atoms. The van der Waals surface area contributed by atoms with Gasteiger partial charge in [-0.3, -0.25) is 14.7 Å². The lowest BCUT2D eigenvalue weighted by atomic mass is 10.3. The molecule has 0 aromatic carbocycles. The Balaban J connectivity index is 2.00. The van der Waals surface area contributed by atoms with Crippen LogP contribution in [0.3, 0.4) is 0 Å². The second-order valence-electron chi connectivity index (χ2n) is 4.37. The van der Waals surface area contributed by atoms with Gasteiger partial charge < -0.3 is 5.11 Å². The van der Waals surface area contributed by atoms with Crippen molar-refractivity contribution in [2.45, 2.75) is 19.9 Å². The lowest BCUT2D eigenvalue weighted by Crippen LogP contribution is -2.25. The van der Waals surface area contributed by atoms with Gasteiger partial charge in [-0.1, -0.05) is 13.0 Å². The van der Waals surface area contributed by atoms with Gasteiger partial charge in [0.25, 0.3) is 0 Å². The van der Waals surface area contributed by atoms with E-state index >= 15 is 0 Å². The number of pyridine rings is 1. The molecule has 0 spiro atoms. The first-order valence-corrected chi connectivity index (χ1v) is 7.37. The summed E-state index contributed by atoms with van der Waals surface area (Å²) >= 11 is 1.56. The van der Waals surface area contributed by atoms with E-state index in [9.17, 15) is 4.79 Å². The summed E-state index contributed by atoms with van der Waals surface area (Å²) in [5, 5.41) is 11.6. The molecule has 2 aromatic heterocycles. The number of aromatic nitrogens is 2. The zero-order valence-corrected chi connectivity index (χ0v) is 12.1. The highest BCUT2D eigenvalue weighted by Crippen LogP contribution is 2.22. The molecule has 0 aliphatic rings. The molecule has 0 atom stereocenters. The van der Waals surface area contributed by atoms with E-state index in [-0.39, 0.29) is 6.42 Å². The number of carboxylic acid groups (broad SMARTS) is 1. The van der Waals surface area contributed by atoms with Crippen molar-refractivity contribution in [2.75, 3.05) is 13.1 Å². The van der Waals surface area contributed by atoms with Gasteiger partial charge in [0.2, 0.25) is 0 Å². The number of nitrogens with zero attached hydrogens (tertiary/aromatic N) is 3. The average molecular weight is 291 g/mol. The fourth-order valence-electron chi connectivity index (χ4n) is 1.82. The van der Waals surface area contributed by atoms with Crippen molar-refractivity contribution in [3.63, 3.8) is 0 Å². The summed E-state index contributed by atoms with van der Waals surface area (Å²) in [5.74, 6) is -0.768. The Hall–Kier alpha value is -1.79. The van der Waals surface area contributed by atoms with Crippen LogP contribution in [0.5, 0.6) is 0 Å². The second kappa shape index (κ2) is 7.12. The van der Waals surface area contributed by atoms with E-state index in [2.05, 4.69) is 14.9 Å². The van der Waals surface area contributed by atoms with Crippen molar-refractivity contribution in [3.05, 3.63) is 35.5 Å². The Labute approximate surface area is 121 Å². The van der Waals surface area contributed by atoms with E-state index in [0.29, 0.717) is 13.1 Å². The van der Waals surface area contributed by atoms with Crippen molar-refractivity contribution < 1.29 is 9.90 Å². The van der Waals surface area contributed by atoms with Crippen LogP contribution in [0.25, 0.3) is 10.7 Å². The van der Waals surface area contributed by atoms with Gasteiger partial charge in [0.15, 0.2) is 0 Å². The molecule has 2 aromatic rings. The number of thiazole rings is 1. The SMILES string of the molecule is CCN(CCC(=O)O)Cc1csc(-c2ccccn2)n1. The third kappa shape index (κ3) is 4.11. The van der Waals surface area contributed by atoms with Crippen LogP contribution >= 0.6 is 11.3 Å². The van der Waals surface area contributed by atoms with Crippen LogP contribution in [0.15, 0.2) is 29.8 Å². The minimum Gasteiger partial charge on any atom is -0.481 e. The normalized spacial score (nSPS) is 10.9. The monoisotopic (exact) mass is 291 g/mol. The van der Waals surface area contributed by atoms with E-state index in [1.54, 1.807) is 17.5 Å². The number of aliphatic carboxylic acids is 1. The Morgan fingerprint density at radius 3 is 2.95 bits per heavy atom. The molecule has 0 bridgehead atoms. The predicted octanol–water partition coefficient (Wildman–Crippen LogP) is 2.50. The number of hydrogen-bond donors (Lipinski definition) is 1. The highest BCUT2D eigenvalue weighted by Gasteiger charge is 2.10. The number of carbonyl (C=O) groups is 1. The van der Waals surface area contributed by atoms with Crippen LogP contribution in [-0.2, 0) is 11.3 Å². The van der Waals surface area contributed by atoms with Crippen molar-refractivity contribution in [1.29, 1.82) is 0 Å². The molecular formula is C14H17N3O2S. The van der Waals surface area contributed by atoms with Gasteiger partial charge in [0.1, 0.15) is 5.01 Å². The van der Waals surface area contributed by atoms with Crippen molar-refractivity contribution in [1.82, 2.24) is 14.9 Å². The van der Waals surface area contributed by atoms with Crippen molar-refractivity contribution in [2.24, 2.45) is 0 Å². The number of carboxylic acids is 1. The molecule has 0 saturated carbocycles. The summed E-state index contributed by atoms with van der Waals surface area (Å²) in [5.41, 5.74) is 1.83. The standard InChI is InChI=1S/C14H17N3O2S/c1-2-17(8-6-13(18)19)9-11-10-20-14(16-11)12-5-3-4-7-15-12/h3-5,7,10H,2,6,8-9H2,1H3,(H,18,19). The lowest BCUT2D eigenvalue weighted by Gasteiger charge is -2.17. The minimum absolute atomic E-state index is 0.158. The molecule has 0 aliphatic heterocycles. The van der Waals surface area contributed by atoms with Gasteiger partial charge in [-0.25, -0.2) is 4.98 Å². The van der Waals surface area contributed by atoms with E-state index < -0.39 is 5.97 Å². The molecule has 5 nitrogen and oxygen atoms in total. The lowest BCUT2D eigenvalue weighted by molar-refractivity contribution is -0.137. The Kier molecular flexibility index (Phi) is 5.20. The van der Waals surface area contributed by atoms with Gasteiger partial charge >= 0.3 is 5.97 Å². The summed E-state index contributed by atoms with van der Waals surface area (Å²) in [6, 6.07) is 5.75. The molecule has 0 radical (unpaired) electrons. The van der Waals surface area contributed by atoms with Crippen LogP contribution in [0.2, 0.25) is 0 Å². The van der Waals surface area contributed by atoms with E-state index in [4.69, 9.17) is 5.11 Å². The Bertz CT molecular complexity index is 557. The summed E-state index contributed by atoms with van der Waals surface area (Å²) in [7, 11) is 0. The van der Waals surface area contributed by atoms with Crippen LogP contribution in [0.1, 0.15) is 19.0 Å². The maximum absolute atomic E-state index is 10.6. The van der Waals surface area contributed by atoms with Gasteiger partial charge in [0.05, 0.1) is 17.8 Å². The van der Waals surface area contributed by atoms with Crippen LogP contribution in [0.4, 0.5) is 0 Å². The first-order valence-electron chi connectivity index (χ1n) is 6.49. The average Bonchev–Trinajstić information content (AvgIpc) is 2.92. The van der Waals surface area contributed by atoms with Crippen LogP contribution in [0, 0.1) is 0 Å². The molecule has 1 N–H and O–H groups in total. The molecule has 106 valence electrons. The molecule has 0 aliphatic carbocycles. The zero-order valence-electron chi connectivity index (χ0n) is 11.3. The van der Waals surface area contributed by atoms with E-state index in [1.165, 1.54) is 0 Å². The maximum Gasteiger partial charge on any atom is 0.304 e. The fraction of sp³-hybridized carbons (Fsp3) is 0.357. The summed E-state index contributed by atoms with van der Waals surface area (Å²) in [4.78, 5) is 21.5. The Morgan fingerprint density at radius 1 is 1.45 bits per heavy atom. The van der Waals surface area contributed by atoms with Gasteiger partial charge in [-0.2, -0.15) is 0 Å². The largest absolute Gasteiger partial charge is 0.481 e. The van der Waals surface area contributed by atoms with Crippen LogP contribution in [-0.4, -0.2) is 39.0 Å². The molecular weight excluding hydrogens is 274 g/mol. The highest BCUT2D eigenvalue weighted by atomic mass is 32.1. The third-order valence-corrected chi connectivity index (χ3v) is 3.82. The molecule has 2 rings (SSSR count). The fourth-order valence-corrected chi connectivity index (χ4v) is 2.60. The minimum atomic E-state index is -0.768. The maximum atomic E-state index is 10.6. The van der Waals surface area contributed by atoms with E-state index in [1.807, 2.05) is 30.5 Å². The zero-order chi connectivity index (χ0) is 14.4. The second-order valence-corrected chi connectivity index (χ2v) is 5.23. The smallest absolute Gasteiger partial charge is 0.304 e. The molecule has 0 unspecified atom stereocenters. The molecule has 0 saturated heterocycles. The first kappa shape index (κ1) is 14.6. The first-order chi connectivity index (χ1) is 9.69. The molecule has 2 heterocycles. The van der Waals surface area contributed by atoms with Gasteiger partial charge in [-0.15, -0.1) is 11.3 Å². The summed E-state index contributed by atoms with van der Waals surface area (Å²) in [6.07, 6.45) is 1.91. The van der Waals surface area contributed by atoms with E-state index in [0.717, 1.165) is 22.9 Å². The Morgan fingerprint density at radius 2 is 2.30 bits per heavy atom. The van der Waals surface area contributed by atoms with Gasteiger partial charge in [-0.05, 0) is 18.7 Å². The molecule has 6 heteroatoms. The third-order valence-electron chi connectivity index (χ3n) is 2.91. The van der Waals surface area contributed by atoms with Gasteiger partial charge in [0, 0.05) is 24.7 Å².